The molecule has 1 aliphatic heterocycles. The molecule has 1 amide bonds. The monoisotopic (exact) mass is 246 g/mol. The fraction of sp³-hybridized carbons (Fsp3) is 0.533. The van der Waals surface area contributed by atoms with Crippen LogP contribution in [0.15, 0.2) is 24.3 Å². The summed E-state index contributed by atoms with van der Waals surface area (Å²) in [7, 11) is 0. The Morgan fingerprint density at radius 1 is 1.50 bits per heavy atom. The van der Waals surface area contributed by atoms with Gasteiger partial charge < -0.3 is 10.2 Å². The number of benzene rings is 1. The van der Waals surface area contributed by atoms with Gasteiger partial charge in [0.05, 0.1) is 0 Å². The van der Waals surface area contributed by atoms with Gasteiger partial charge in [0.2, 0.25) is 5.91 Å². The molecular weight excluding hydrogens is 224 g/mol. The molecule has 1 aromatic rings. The maximum atomic E-state index is 12.2. The van der Waals surface area contributed by atoms with Crippen LogP contribution in [0, 0.1) is 6.92 Å². The fourth-order valence-electron chi connectivity index (χ4n) is 2.47. The third-order valence-corrected chi connectivity index (χ3v) is 3.53. The number of hydrogen-bond donors (Lipinski definition) is 1. The summed E-state index contributed by atoms with van der Waals surface area (Å²) >= 11 is 0. The Bertz CT molecular complexity index is 417. The molecule has 1 saturated heterocycles. The summed E-state index contributed by atoms with van der Waals surface area (Å²) in [6, 6.07) is 8.73. The number of amides is 1. The van der Waals surface area contributed by atoms with Crippen molar-refractivity contribution < 1.29 is 4.79 Å². The van der Waals surface area contributed by atoms with Crippen LogP contribution in [-0.4, -0.2) is 36.5 Å². The summed E-state index contributed by atoms with van der Waals surface area (Å²) < 4.78 is 0. The van der Waals surface area contributed by atoms with E-state index in [1.807, 2.05) is 4.90 Å². The van der Waals surface area contributed by atoms with Gasteiger partial charge in [0.15, 0.2) is 0 Å². The summed E-state index contributed by atoms with van der Waals surface area (Å²) in [6.07, 6.45) is 1.46. The molecule has 0 radical (unpaired) electrons. The lowest BCUT2D eigenvalue weighted by molar-refractivity contribution is -0.133. The van der Waals surface area contributed by atoms with E-state index >= 15 is 0 Å². The molecule has 1 aromatic carbocycles. The number of aryl methyl sites for hydroxylation is 2. The van der Waals surface area contributed by atoms with E-state index in [9.17, 15) is 4.79 Å². The van der Waals surface area contributed by atoms with Gasteiger partial charge in [-0.05, 0) is 25.8 Å². The predicted molar refractivity (Wildman–Crippen MR) is 73.5 cm³/mol. The third kappa shape index (κ3) is 3.33. The van der Waals surface area contributed by atoms with E-state index in [0.717, 1.165) is 26.1 Å². The normalized spacial score (nSPS) is 19.9. The van der Waals surface area contributed by atoms with E-state index in [0.29, 0.717) is 12.5 Å². The molecule has 1 atom stereocenters. The number of piperazine rings is 1. The molecule has 1 N–H and O–H groups in total. The van der Waals surface area contributed by atoms with Crippen molar-refractivity contribution in [2.75, 3.05) is 19.6 Å². The molecule has 3 nitrogen and oxygen atoms in total. The first kappa shape index (κ1) is 13.1. The van der Waals surface area contributed by atoms with Crippen LogP contribution in [0.2, 0.25) is 0 Å². The van der Waals surface area contributed by atoms with E-state index in [4.69, 9.17) is 0 Å². The second-order valence-electron chi connectivity index (χ2n) is 5.13. The summed E-state index contributed by atoms with van der Waals surface area (Å²) in [5.41, 5.74) is 2.52. The number of rotatable bonds is 3. The molecule has 98 valence electrons. The summed E-state index contributed by atoms with van der Waals surface area (Å²) in [5, 5.41) is 3.31. The minimum atomic E-state index is 0.283. The first-order chi connectivity index (χ1) is 8.66. The highest BCUT2D eigenvalue weighted by Crippen LogP contribution is 2.10. The number of nitrogens with one attached hydrogen (secondary N) is 1. The number of carbonyl (C=O) groups excluding carboxylic acids is 1. The van der Waals surface area contributed by atoms with Crippen molar-refractivity contribution in [3.8, 4) is 0 Å². The molecule has 2 rings (SSSR count). The maximum absolute atomic E-state index is 12.2. The molecular formula is C15H22N2O. The zero-order chi connectivity index (χ0) is 13.0. The predicted octanol–water partition coefficient (Wildman–Crippen LogP) is 1.75. The van der Waals surface area contributed by atoms with Gasteiger partial charge in [-0.2, -0.15) is 0 Å². The molecule has 3 heteroatoms. The SMILES string of the molecule is Cc1cccc(CCC(=O)N2CCNCC2C)c1. The Balaban J connectivity index is 1.88. The van der Waals surface area contributed by atoms with Gasteiger partial charge in [-0.1, -0.05) is 29.8 Å². The van der Waals surface area contributed by atoms with E-state index in [2.05, 4.69) is 43.4 Å². The van der Waals surface area contributed by atoms with Gasteiger partial charge in [-0.25, -0.2) is 0 Å². The Labute approximate surface area is 109 Å². The Hall–Kier alpha value is -1.35. The van der Waals surface area contributed by atoms with Crippen molar-refractivity contribution in [2.45, 2.75) is 32.7 Å². The second kappa shape index (κ2) is 6.01. The summed E-state index contributed by atoms with van der Waals surface area (Å²) in [4.78, 5) is 14.2. The lowest BCUT2D eigenvalue weighted by atomic mass is 10.1. The topological polar surface area (TPSA) is 32.3 Å². The van der Waals surface area contributed by atoms with Crippen LogP contribution in [0.5, 0.6) is 0 Å². The average molecular weight is 246 g/mol. The van der Waals surface area contributed by atoms with Crippen molar-refractivity contribution in [3.63, 3.8) is 0 Å². The van der Waals surface area contributed by atoms with Crippen LogP contribution < -0.4 is 5.32 Å². The highest BCUT2D eigenvalue weighted by molar-refractivity contribution is 5.77. The van der Waals surface area contributed by atoms with Crippen molar-refractivity contribution >= 4 is 5.91 Å². The highest BCUT2D eigenvalue weighted by atomic mass is 16.2. The zero-order valence-corrected chi connectivity index (χ0v) is 11.3. The molecule has 1 aliphatic rings. The zero-order valence-electron chi connectivity index (χ0n) is 11.3. The number of hydrogen-bond acceptors (Lipinski definition) is 2. The van der Waals surface area contributed by atoms with Gasteiger partial charge in [0.25, 0.3) is 0 Å². The minimum absolute atomic E-state index is 0.283. The molecule has 0 spiro atoms. The van der Waals surface area contributed by atoms with Crippen molar-refractivity contribution in [1.82, 2.24) is 10.2 Å². The first-order valence-corrected chi connectivity index (χ1v) is 6.72. The molecule has 1 unspecified atom stereocenters. The Morgan fingerprint density at radius 3 is 3.06 bits per heavy atom. The molecule has 1 fully saturated rings. The van der Waals surface area contributed by atoms with Crippen molar-refractivity contribution in [3.05, 3.63) is 35.4 Å². The second-order valence-corrected chi connectivity index (χ2v) is 5.13. The van der Waals surface area contributed by atoms with Crippen LogP contribution >= 0.6 is 0 Å². The molecule has 18 heavy (non-hydrogen) atoms. The lowest BCUT2D eigenvalue weighted by Gasteiger charge is -2.34. The van der Waals surface area contributed by atoms with Gasteiger partial charge in [-0.3, -0.25) is 4.79 Å². The van der Waals surface area contributed by atoms with Gasteiger partial charge >= 0.3 is 0 Å². The first-order valence-electron chi connectivity index (χ1n) is 6.72. The molecule has 0 aliphatic carbocycles. The molecule has 0 bridgehead atoms. The Kier molecular flexibility index (Phi) is 4.37. The molecule has 1 heterocycles. The molecule has 0 saturated carbocycles. The van der Waals surface area contributed by atoms with Crippen LogP contribution in [-0.2, 0) is 11.2 Å². The largest absolute Gasteiger partial charge is 0.337 e. The van der Waals surface area contributed by atoms with Crippen LogP contribution in [0.25, 0.3) is 0 Å². The van der Waals surface area contributed by atoms with Crippen molar-refractivity contribution in [2.24, 2.45) is 0 Å². The van der Waals surface area contributed by atoms with E-state index in [-0.39, 0.29) is 5.91 Å². The van der Waals surface area contributed by atoms with E-state index in [1.165, 1.54) is 11.1 Å². The van der Waals surface area contributed by atoms with E-state index in [1.54, 1.807) is 0 Å². The Morgan fingerprint density at radius 2 is 2.33 bits per heavy atom. The lowest BCUT2D eigenvalue weighted by Crippen LogP contribution is -2.52. The smallest absolute Gasteiger partial charge is 0.223 e. The number of carbonyl (C=O) groups is 1. The standard InChI is InChI=1S/C15H22N2O/c1-12-4-3-5-14(10-12)6-7-15(18)17-9-8-16-11-13(17)2/h3-5,10,13,16H,6-9,11H2,1-2H3. The number of nitrogens with zero attached hydrogens (tertiary/aromatic N) is 1. The van der Waals surface area contributed by atoms with Gasteiger partial charge in [-0.15, -0.1) is 0 Å². The average Bonchev–Trinajstić information content (AvgIpc) is 2.37. The van der Waals surface area contributed by atoms with Crippen LogP contribution in [0.1, 0.15) is 24.5 Å². The summed E-state index contributed by atoms with van der Waals surface area (Å²) in [5.74, 6) is 0.283. The van der Waals surface area contributed by atoms with Crippen LogP contribution in [0.4, 0.5) is 0 Å². The van der Waals surface area contributed by atoms with Gasteiger partial charge in [0.1, 0.15) is 0 Å². The van der Waals surface area contributed by atoms with Crippen molar-refractivity contribution in [1.29, 1.82) is 0 Å². The quantitative estimate of drug-likeness (QED) is 0.881. The third-order valence-electron chi connectivity index (χ3n) is 3.53. The minimum Gasteiger partial charge on any atom is -0.337 e. The van der Waals surface area contributed by atoms with Gasteiger partial charge in [0, 0.05) is 32.1 Å². The summed E-state index contributed by atoms with van der Waals surface area (Å²) in [6.45, 7) is 6.87. The fourth-order valence-corrected chi connectivity index (χ4v) is 2.47. The maximum Gasteiger partial charge on any atom is 0.223 e. The van der Waals surface area contributed by atoms with Crippen LogP contribution in [0.3, 0.4) is 0 Å². The highest BCUT2D eigenvalue weighted by Gasteiger charge is 2.22. The molecule has 0 aromatic heterocycles. The van der Waals surface area contributed by atoms with E-state index < -0.39 is 0 Å².